The molecular formula is C18H18N4O5S. The van der Waals surface area contributed by atoms with Crippen molar-refractivity contribution in [3.8, 4) is 11.5 Å². The number of nitro groups is 1. The second-order valence-electron chi connectivity index (χ2n) is 6.91. The highest BCUT2D eigenvalue weighted by atomic mass is 32.1. The fourth-order valence-electron chi connectivity index (χ4n) is 3.88. The van der Waals surface area contributed by atoms with Crippen LogP contribution in [0.2, 0.25) is 0 Å². The second kappa shape index (κ2) is 6.64. The first-order chi connectivity index (χ1) is 13.7. The Kier molecular flexibility index (Phi) is 4.09. The van der Waals surface area contributed by atoms with Crippen molar-refractivity contribution >= 4 is 27.9 Å². The van der Waals surface area contributed by atoms with E-state index in [0.29, 0.717) is 30.5 Å². The van der Waals surface area contributed by atoms with Gasteiger partial charge in [-0.2, -0.15) is 9.38 Å². The van der Waals surface area contributed by atoms with Gasteiger partial charge in [0.15, 0.2) is 11.5 Å². The molecule has 0 bridgehead atoms. The SMILES string of the molecule is O=[N+]([O-])c1c(NCC2(c3ccc4c(c3)OCO4)CCOCC2)nc2sccn12. The van der Waals surface area contributed by atoms with Gasteiger partial charge >= 0.3 is 5.82 Å². The van der Waals surface area contributed by atoms with Gasteiger partial charge in [-0.25, -0.2) is 0 Å². The molecule has 1 saturated heterocycles. The lowest BCUT2D eigenvalue weighted by atomic mass is 9.74. The Morgan fingerprint density at radius 2 is 2.11 bits per heavy atom. The summed E-state index contributed by atoms with van der Waals surface area (Å²) in [6.07, 6.45) is 3.27. The molecule has 28 heavy (non-hydrogen) atoms. The van der Waals surface area contributed by atoms with Crippen molar-refractivity contribution < 1.29 is 19.1 Å². The topological polar surface area (TPSA) is 100 Å². The van der Waals surface area contributed by atoms with Gasteiger partial charge in [-0.1, -0.05) is 17.4 Å². The molecule has 1 N–H and O–H groups in total. The third-order valence-electron chi connectivity index (χ3n) is 5.44. The molecule has 1 fully saturated rings. The van der Waals surface area contributed by atoms with Crippen LogP contribution < -0.4 is 14.8 Å². The molecule has 2 aliphatic heterocycles. The number of benzene rings is 1. The van der Waals surface area contributed by atoms with E-state index >= 15 is 0 Å². The number of aromatic nitrogens is 2. The summed E-state index contributed by atoms with van der Waals surface area (Å²) in [4.78, 5) is 16.2. The van der Waals surface area contributed by atoms with Gasteiger partial charge in [-0.3, -0.25) is 0 Å². The third-order valence-corrected chi connectivity index (χ3v) is 6.20. The highest BCUT2D eigenvalue weighted by Gasteiger charge is 2.37. The molecule has 0 atom stereocenters. The predicted octanol–water partition coefficient (Wildman–Crippen LogP) is 3.19. The number of hydrogen-bond acceptors (Lipinski definition) is 8. The zero-order chi connectivity index (χ0) is 19.1. The highest BCUT2D eigenvalue weighted by Crippen LogP contribution is 2.41. The minimum Gasteiger partial charge on any atom is -0.454 e. The standard InChI is InChI=1S/C18H18N4O5S/c23-22(24)16-15(20-17-21(16)5-8-28-17)19-10-18(3-6-25-7-4-18)12-1-2-13-14(9-12)27-11-26-13/h1-2,5,8-9,19H,3-4,6-7,10-11H2. The maximum absolute atomic E-state index is 11.6. The normalized spacial score (nSPS) is 17.7. The van der Waals surface area contributed by atoms with Gasteiger partial charge in [0.1, 0.15) is 6.20 Å². The molecule has 2 aliphatic rings. The Labute approximate surface area is 164 Å². The average molecular weight is 402 g/mol. The molecule has 0 aliphatic carbocycles. The third kappa shape index (κ3) is 2.76. The van der Waals surface area contributed by atoms with Gasteiger partial charge in [-0.05, 0) is 35.5 Å². The molecule has 146 valence electrons. The minimum atomic E-state index is -0.397. The van der Waals surface area contributed by atoms with Crippen molar-refractivity contribution in [1.82, 2.24) is 9.38 Å². The summed E-state index contributed by atoms with van der Waals surface area (Å²) in [6, 6.07) is 5.97. The number of nitrogens with one attached hydrogen (secondary N) is 1. The summed E-state index contributed by atoms with van der Waals surface area (Å²) in [5, 5.41) is 16.6. The van der Waals surface area contributed by atoms with E-state index in [0.717, 1.165) is 29.9 Å². The van der Waals surface area contributed by atoms with Gasteiger partial charge in [0, 0.05) is 30.6 Å². The molecule has 3 aromatic rings. The van der Waals surface area contributed by atoms with Crippen LogP contribution in [0.1, 0.15) is 18.4 Å². The van der Waals surface area contributed by atoms with Crippen LogP contribution >= 0.6 is 11.3 Å². The Morgan fingerprint density at radius 1 is 1.29 bits per heavy atom. The molecule has 4 heterocycles. The predicted molar refractivity (Wildman–Crippen MR) is 103 cm³/mol. The lowest BCUT2D eigenvalue weighted by Crippen LogP contribution is -2.40. The number of imidazole rings is 1. The summed E-state index contributed by atoms with van der Waals surface area (Å²) >= 11 is 1.37. The molecule has 0 saturated carbocycles. The first-order valence-corrected chi connectivity index (χ1v) is 9.86. The van der Waals surface area contributed by atoms with Crippen LogP contribution in [-0.2, 0) is 10.2 Å². The lowest BCUT2D eigenvalue weighted by molar-refractivity contribution is -0.389. The molecule has 1 aromatic carbocycles. The molecule has 0 spiro atoms. The van der Waals surface area contributed by atoms with Crippen LogP contribution in [0.5, 0.6) is 11.5 Å². The van der Waals surface area contributed by atoms with Crippen molar-refractivity contribution in [3.63, 3.8) is 0 Å². The van der Waals surface area contributed by atoms with Crippen molar-refractivity contribution in [2.24, 2.45) is 0 Å². The highest BCUT2D eigenvalue weighted by molar-refractivity contribution is 7.15. The van der Waals surface area contributed by atoms with E-state index in [2.05, 4.69) is 10.3 Å². The van der Waals surface area contributed by atoms with Crippen molar-refractivity contribution in [1.29, 1.82) is 0 Å². The van der Waals surface area contributed by atoms with Gasteiger partial charge in [0.25, 0.3) is 4.96 Å². The molecule has 2 aromatic heterocycles. The fraction of sp³-hybridized carbons (Fsp3) is 0.389. The number of hydrogen-bond donors (Lipinski definition) is 1. The maximum atomic E-state index is 11.6. The number of anilines is 1. The van der Waals surface area contributed by atoms with Gasteiger partial charge < -0.3 is 29.6 Å². The second-order valence-corrected chi connectivity index (χ2v) is 7.78. The Hall–Kier alpha value is -2.85. The Morgan fingerprint density at radius 3 is 2.93 bits per heavy atom. The first-order valence-electron chi connectivity index (χ1n) is 8.98. The zero-order valence-electron chi connectivity index (χ0n) is 14.9. The molecule has 5 rings (SSSR count). The first kappa shape index (κ1) is 17.3. The minimum absolute atomic E-state index is 0.0378. The van der Waals surface area contributed by atoms with Crippen LogP contribution in [0.15, 0.2) is 29.8 Å². The molecule has 0 unspecified atom stereocenters. The van der Waals surface area contributed by atoms with Crippen molar-refractivity contribution in [3.05, 3.63) is 45.5 Å². The van der Waals surface area contributed by atoms with E-state index in [1.165, 1.54) is 15.7 Å². The van der Waals surface area contributed by atoms with Crippen LogP contribution in [0.3, 0.4) is 0 Å². The van der Waals surface area contributed by atoms with E-state index in [1.54, 1.807) is 11.6 Å². The van der Waals surface area contributed by atoms with Crippen LogP contribution in [-0.4, -0.2) is 40.9 Å². The molecule has 0 radical (unpaired) electrons. The summed E-state index contributed by atoms with van der Waals surface area (Å²) in [6.45, 7) is 2.01. The van der Waals surface area contributed by atoms with Gasteiger partial charge in [-0.15, -0.1) is 0 Å². The van der Waals surface area contributed by atoms with Crippen molar-refractivity contribution in [2.45, 2.75) is 18.3 Å². The number of ether oxygens (including phenoxy) is 3. The summed E-state index contributed by atoms with van der Waals surface area (Å²) in [7, 11) is 0. The monoisotopic (exact) mass is 402 g/mol. The van der Waals surface area contributed by atoms with Gasteiger partial charge in [0.2, 0.25) is 12.6 Å². The smallest absolute Gasteiger partial charge is 0.372 e. The molecule has 10 heteroatoms. The van der Waals surface area contributed by atoms with Crippen LogP contribution in [0.4, 0.5) is 11.6 Å². The number of thiazole rings is 1. The Bertz CT molecular complexity index is 1040. The number of fused-ring (bicyclic) bond motifs is 2. The van der Waals surface area contributed by atoms with Crippen LogP contribution in [0, 0.1) is 10.1 Å². The largest absolute Gasteiger partial charge is 0.454 e. The zero-order valence-corrected chi connectivity index (χ0v) is 15.7. The summed E-state index contributed by atoms with van der Waals surface area (Å²) in [5.41, 5.74) is 0.876. The van der Waals surface area contributed by atoms with E-state index in [9.17, 15) is 10.1 Å². The van der Waals surface area contributed by atoms with E-state index in [-0.39, 0.29) is 18.0 Å². The summed E-state index contributed by atoms with van der Waals surface area (Å²) < 4.78 is 18.0. The molecular weight excluding hydrogens is 384 g/mol. The van der Waals surface area contributed by atoms with Crippen LogP contribution in [0.25, 0.3) is 4.96 Å². The van der Waals surface area contributed by atoms with E-state index in [1.807, 2.05) is 18.2 Å². The number of nitrogens with zero attached hydrogens (tertiary/aromatic N) is 3. The number of rotatable bonds is 5. The molecule has 0 amide bonds. The lowest BCUT2D eigenvalue weighted by Gasteiger charge is -2.38. The average Bonchev–Trinajstić information content (AvgIpc) is 3.41. The molecule has 9 nitrogen and oxygen atoms in total. The van der Waals surface area contributed by atoms with Gasteiger partial charge in [0.05, 0.1) is 0 Å². The van der Waals surface area contributed by atoms with E-state index < -0.39 is 4.92 Å². The fourth-order valence-corrected chi connectivity index (χ4v) is 4.59. The summed E-state index contributed by atoms with van der Waals surface area (Å²) in [5.74, 6) is 1.73. The maximum Gasteiger partial charge on any atom is 0.372 e. The quantitative estimate of drug-likeness (QED) is 0.517. The van der Waals surface area contributed by atoms with Crippen molar-refractivity contribution in [2.75, 3.05) is 31.9 Å². The Balaban J connectivity index is 1.48. The van der Waals surface area contributed by atoms with E-state index in [4.69, 9.17) is 14.2 Å².